The van der Waals surface area contributed by atoms with Gasteiger partial charge in [-0.1, -0.05) is 20.8 Å². The van der Waals surface area contributed by atoms with Gasteiger partial charge in [0.05, 0.1) is 16.8 Å². The minimum Gasteiger partial charge on any atom is -0.414 e. The van der Waals surface area contributed by atoms with Gasteiger partial charge in [0, 0.05) is 19.2 Å². The zero-order valence-corrected chi connectivity index (χ0v) is 18.0. The molecule has 0 aromatic carbocycles. The largest absolute Gasteiger partial charge is 0.414 e. The van der Waals surface area contributed by atoms with Crippen molar-refractivity contribution in [2.75, 3.05) is 19.8 Å². The van der Waals surface area contributed by atoms with E-state index in [-0.39, 0.29) is 18.1 Å². The quantitative estimate of drug-likeness (QED) is 0.345. The molecule has 0 aliphatic rings. The van der Waals surface area contributed by atoms with Crippen LogP contribution in [0, 0.1) is 3.57 Å². The van der Waals surface area contributed by atoms with Crippen LogP contribution in [0.2, 0.25) is 18.1 Å². The number of rotatable bonds is 8. The first-order chi connectivity index (χ1) is 11.0. The van der Waals surface area contributed by atoms with Crippen molar-refractivity contribution in [3.05, 3.63) is 30.6 Å². The lowest BCUT2D eigenvalue weighted by Crippen LogP contribution is -2.41. The van der Waals surface area contributed by atoms with Crippen LogP contribution in [-0.2, 0) is 9.16 Å². The molecule has 2 N–H and O–H groups in total. The molecule has 0 fully saturated rings. The number of nitrogens with one attached hydrogen (secondary N) is 1. The molecule has 0 aliphatic carbocycles. The third-order valence-corrected chi connectivity index (χ3v) is 9.58. The molecule has 1 aromatic rings. The Kier molecular flexibility index (Phi) is 7.85. The number of hydrogen-bond acceptors (Lipinski definition) is 5. The lowest BCUT2D eigenvalue weighted by molar-refractivity contribution is -0.0292. The van der Waals surface area contributed by atoms with Gasteiger partial charge in [-0.15, -0.1) is 0 Å². The molecule has 24 heavy (non-hydrogen) atoms. The fraction of sp³-hybridized carbons (Fsp3) is 0.733. The Bertz CT molecular complexity index is 650. The van der Waals surface area contributed by atoms with Gasteiger partial charge in [0.1, 0.15) is 6.23 Å². The van der Waals surface area contributed by atoms with E-state index in [1.165, 1.54) is 10.8 Å². The number of aliphatic hydroxyl groups excluding tert-OH is 1. The highest BCUT2D eigenvalue weighted by Gasteiger charge is 2.36. The molecule has 0 saturated carbocycles. The van der Waals surface area contributed by atoms with Gasteiger partial charge in [-0.2, -0.15) is 0 Å². The van der Waals surface area contributed by atoms with Crippen LogP contribution in [0.3, 0.4) is 0 Å². The smallest absolute Gasteiger partial charge is 0.330 e. The molecule has 0 bridgehead atoms. The summed E-state index contributed by atoms with van der Waals surface area (Å²) in [5.41, 5.74) is -0.981. The second kappa shape index (κ2) is 8.74. The normalized spacial score (nSPS) is 14.0. The summed E-state index contributed by atoms with van der Waals surface area (Å²) in [5.74, 6) is 0. The molecule has 0 unspecified atom stereocenters. The van der Waals surface area contributed by atoms with E-state index in [0.717, 1.165) is 0 Å². The number of H-pyrrole nitrogens is 1. The van der Waals surface area contributed by atoms with Crippen LogP contribution >= 0.6 is 22.6 Å². The Morgan fingerprint density at radius 3 is 2.50 bits per heavy atom. The van der Waals surface area contributed by atoms with Gasteiger partial charge < -0.3 is 14.3 Å². The number of halogens is 1. The Balaban J connectivity index is 2.74. The third kappa shape index (κ3) is 5.79. The van der Waals surface area contributed by atoms with E-state index in [4.69, 9.17) is 9.16 Å². The number of aromatic nitrogens is 2. The molecule has 0 aliphatic heterocycles. The minimum atomic E-state index is -1.85. The maximum Gasteiger partial charge on any atom is 0.330 e. The second-order valence-corrected chi connectivity index (χ2v) is 13.1. The molecule has 1 rings (SSSR count). The molecule has 7 nitrogen and oxygen atoms in total. The van der Waals surface area contributed by atoms with E-state index in [0.29, 0.717) is 16.8 Å². The average Bonchev–Trinajstić information content (AvgIpc) is 2.45. The van der Waals surface area contributed by atoms with Gasteiger partial charge in [0.15, 0.2) is 8.32 Å². The SMILES string of the molecule is CC(C)(C)[Si](C)(C)OCCO[C@H](CCO)n1cc(I)c(=O)[nH]c1=O. The van der Waals surface area contributed by atoms with Crippen molar-refractivity contribution in [3.8, 4) is 0 Å². The monoisotopic (exact) mass is 470 g/mol. The molecular weight excluding hydrogens is 443 g/mol. The van der Waals surface area contributed by atoms with Crippen LogP contribution in [0.4, 0.5) is 0 Å². The summed E-state index contributed by atoms with van der Waals surface area (Å²) in [7, 11) is -1.85. The summed E-state index contributed by atoms with van der Waals surface area (Å²) >= 11 is 1.85. The predicted octanol–water partition coefficient (Wildman–Crippen LogP) is 2.06. The minimum absolute atomic E-state index is 0.115. The summed E-state index contributed by atoms with van der Waals surface area (Å²) in [6.07, 6.45) is 1.05. The van der Waals surface area contributed by atoms with Crippen molar-refractivity contribution >= 4 is 30.9 Å². The first-order valence-electron chi connectivity index (χ1n) is 7.87. The fourth-order valence-corrected chi connectivity index (χ4v) is 3.25. The van der Waals surface area contributed by atoms with Gasteiger partial charge in [-0.05, 0) is 40.7 Å². The molecule has 1 atom stereocenters. The van der Waals surface area contributed by atoms with Crippen molar-refractivity contribution in [1.82, 2.24) is 9.55 Å². The molecule has 138 valence electrons. The third-order valence-electron chi connectivity index (χ3n) is 4.27. The number of nitrogens with zero attached hydrogens (tertiary/aromatic N) is 1. The van der Waals surface area contributed by atoms with Gasteiger partial charge >= 0.3 is 5.69 Å². The second-order valence-electron chi connectivity index (χ2n) is 7.09. The molecule has 0 spiro atoms. The number of hydrogen-bond donors (Lipinski definition) is 2. The van der Waals surface area contributed by atoms with Gasteiger partial charge in [0.2, 0.25) is 0 Å². The van der Waals surface area contributed by atoms with E-state index in [9.17, 15) is 14.7 Å². The zero-order chi connectivity index (χ0) is 18.5. The summed E-state index contributed by atoms with van der Waals surface area (Å²) in [6.45, 7) is 11.4. The molecule has 1 heterocycles. The van der Waals surface area contributed by atoms with Crippen LogP contribution in [0.5, 0.6) is 0 Å². The highest BCUT2D eigenvalue weighted by molar-refractivity contribution is 14.1. The maximum absolute atomic E-state index is 11.9. The standard InChI is InChI=1S/C15H27IN2O5Si/c1-15(2,3)24(4,5)23-9-8-22-12(6-7-19)18-10-11(16)13(20)17-14(18)21/h10,12,19H,6-9H2,1-5H3,(H,17,20,21)/t12-/m1/s1. The Morgan fingerprint density at radius 2 is 1.96 bits per heavy atom. The number of aliphatic hydroxyl groups is 1. The van der Waals surface area contributed by atoms with E-state index in [1.54, 1.807) is 0 Å². The maximum atomic E-state index is 11.9. The van der Waals surface area contributed by atoms with Crippen molar-refractivity contribution in [2.45, 2.75) is 51.6 Å². The summed E-state index contributed by atoms with van der Waals surface area (Å²) in [6, 6.07) is 0. The number of aromatic amines is 1. The van der Waals surface area contributed by atoms with Crippen LogP contribution < -0.4 is 11.2 Å². The van der Waals surface area contributed by atoms with Gasteiger partial charge in [-0.25, -0.2) is 4.79 Å². The highest BCUT2D eigenvalue weighted by Crippen LogP contribution is 2.36. The van der Waals surface area contributed by atoms with Crippen molar-refractivity contribution in [1.29, 1.82) is 0 Å². The zero-order valence-electron chi connectivity index (χ0n) is 14.9. The highest BCUT2D eigenvalue weighted by atomic mass is 127. The molecule has 1 aromatic heterocycles. The van der Waals surface area contributed by atoms with Crippen molar-refractivity contribution in [3.63, 3.8) is 0 Å². The van der Waals surface area contributed by atoms with Crippen molar-refractivity contribution in [2.24, 2.45) is 0 Å². The lowest BCUT2D eigenvalue weighted by Gasteiger charge is -2.36. The van der Waals surface area contributed by atoms with Gasteiger partial charge in [0.25, 0.3) is 5.56 Å². The molecule has 9 heteroatoms. The van der Waals surface area contributed by atoms with Crippen LogP contribution in [-0.4, -0.2) is 42.8 Å². The molecule has 0 radical (unpaired) electrons. The predicted molar refractivity (Wildman–Crippen MR) is 104 cm³/mol. The van der Waals surface area contributed by atoms with Crippen LogP contribution in [0.25, 0.3) is 0 Å². The van der Waals surface area contributed by atoms with Crippen molar-refractivity contribution < 1.29 is 14.3 Å². The van der Waals surface area contributed by atoms with E-state index in [1.807, 2.05) is 22.6 Å². The van der Waals surface area contributed by atoms with Crippen LogP contribution in [0.1, 0.15) is 33.4 Å². The Morgan fingerprint density at radius 1 is 1.33 bits per heavy atom. The van der Waals surface area contributed by atoms with Crippen LogP contribution in [0.15, 0.2) is 15.8 Å². The van der Waals surface area contributed by atoms with E-state index in [2.05, 4.69) is 38.8 Å². The molecule has 0 amide bonds. The first-order valence-corrected chi connectivity index (χ1v) is 11.9. The Hall–Kier alpha value is -0.493. The number of ether oxygens (including phenoxy) is 1. The first kappa shape index (κ1) is 21.5. The lowest BCUT2D eigenvalue weighted by atomic mass is 10.2. The summed E-state index contributed by atoms with van der Waals surface area (Å²) in [5, 5.41) is 9.33. The summed E-state index contributed by atoms with van der Waals surface area (Å²) < 4.78 is 13.4. The Labute approximate surface area is 156 Å². The summed E-state index contributed by atoms with van der Waals surface area (Å²) in [4.78, 5) is 25.6. The molecular formula is C15H27IN2O5Si. The van der Waals surface area contributed by atoms with Gasteiger partial charge in [-0.3, -0.25) is 14.3 Å². The van der Waals surface area contributed by atoms with E-state index < -0.39 is 25.8 Å². The molecule has 0 saturated heterocycles. The topological polar surface area (TPSA) is 93.5 Å². The fourth-order valence-electron chi connectivity index (χ4n) is 1.79. The average molecular weight is 470 g/mol. The van der Waals surface area contributed by atoms with E-state index >= 15 is 0 Å².